The van der Waals surface area contributed by atoms with Crippen LogP contribution in [0.3, 0.4) is 0 Å². The lowest BCUT2D eigenvalue weighted by molar-refractivity contribution is 0.0852. The number of carbonyl (C=O) groups is 1. The van der Waals surface area contributed by atoms with Crippen molar-refractivity contribution in [3.63, 3.8) is 0 Å². The number of aromatic nitrogens is 3. The molecule has 0 aliphatic rings. The highest BCUT2D eigenvalue weighted by molar-refractivity contribution is 5.98. The molecule has 13 heavy (non-hydrogen) atoms. The minimum absolute atomic E-state index is 0.0399. The highest BCUT2D eigenvalue weighted by Gasteiger charge is 2.27. The number of carbonyl (C=O) groups excluding carboxylic acids is 1. The molecule has 0 bridgehead atoms. The van der Waals surface area contributed by atoms with Gasteiger partial charge in [0.25, 0.3) is 0 Å². The molecule has 1 rings (SSSR count). The van der Waals surface area contributed by atoms with Gasteiger partial charge < -0.3 is 0 Å². The predicted molar refractivity (Wildman–Crippen MR) is 49.5 cm³/mol. The lowest BCUT2D eigenvalue weighted by Gasteiger charge is -2.14. The highest BCUT2D eigenvalue weighted by atomic mass is 16.1. The van der Waals surface area contributed by atoms with Gasteiger partial charge in [0.05, 0.1) is 5.69 Å². The largest absolute Gasteiger partial charge is 0.292 e. The second-order valence-electron chi connectivity index (χ2n) is 4.05. The Kier molecular flexibility index (Phi) is 2.50. The summed E-state index contributed by atoms with van der Waals surface area (Å²) in [5.41, 5.74) is 0.843. The van der Waals surface area contributed by atoms with E-state index in [9.17, 15) is 4.79 Å². The molecule has 1 aromatic rings. The Morgan fingerprint density at radius 1 is 1.38 bits per heavy atom. The van der Waals surface area contributed by atoms with Crippen molar-refractivity contribution in [2.24, 2.45) is 5.41 Å². The van der Waals surface area contributed by atoms with Gasteiger partial charge in [0, 0.05) is 5.41 Å². The molecular weight excluding hydrogens is 166 g/mol. The van der Waals surface area contributed by atoms with Crippen LogP contribution in [0.2, 0.25) is 0 Å². The quantitative estimate of drug-likeness (QED) is 0.705. The second-order valence-corrected chi connectivity index (χ2v) is 4.05. The normalized spacial score (nSPS) is 11.7. The summed E-state index contributed by atoms with van der Waals surface area (Å²) >= 11 is 0. The van der Waals surface area contributed by atoms with Gasteiger partial charge in [-0.15, -0.1) is 0 Å². The average molecular weight is 181 g/mol. The maximum absolute atomic E-state index is 11.8. The summed E-state index contributed by atoms with van der Waals surface area (Å²) in [6.07, 6.45) is 0.730. The first-order valence-corrected chi connectivity index (χ1v) is 4.41. The van der Waals surface area contributed by atoms with E-state index in [1.807, 2.05) is 27.7 Å². The Hall–Kier alpha value is -1.19. The number of ketones is 1. The van der Waals surface area contributed by atoms with Gasteiger partial charge in [0.15, 0.2) is 11.5 Å². The number of H-pyrrole nitrogens is 1. The van der Waals surface area contributed by atoms with E-state index in [0.29, 0.717) is 5.69 Å². The lowest BCUT2D eigenvalue weighted by Crippen LogP contribution is -2.21. The molecule has 0 atom stereocenters. The minimum atomic E-state index is -0.388. The Morgan fingerprint density at radius 3 is 2.46 bits per heavy atom. The summed E-state index contributed by atoms with van der Waals surface area (Å²) in [5.74, 6) is 0.0399. The van der Waals surface area contributed by atoms with Crippen molar-refractivity contribution in [2.45, 2.75) is 34.1 Å². The van der Waals surface area contributed by atoms with Gasteiger partial charge in [-0.1, -0.05) is 27.7 Å². The summed E-state index contributed by atoms with van der Waals surface area (Å²) in [6, 6.07) is 0. The first-order chi connectivity index (χ1) is 5.96. The number of nitrogens with one attached hydrogen (secondary N) is 1. The van der Waals surface area contributed by atoms with Crippen LogP contribution in [-0.4, -0.2) is 21.2 Å². The summed E-state index contributed by atoms with van der Waals surface area (Å²) in [6.45, 7) is 7.59. The molecule has 1 heterocycles. The van der Waals surface area contributed by atoms with E-state index in [1.54, 1.807) is 0 Å². The molecule has 0 saturated heterocycles. The van der Waals surface area contributed by atoms with E-state index in [2.05, 4.69) is 15.4 Å². The third-order valence-corrected chi connectivity index (χ3v) is 1.85. The number of nitrogens with zero attached hydrogens (tertiary/aromatic N) is 2. The van der Waals surface area contributed by atoms with Gasteiger partial charge >= 0.3 is 0 Å². The van der Waals surface area contributed by atoms with E-state index in [0.717, 1.165) is 12.1 Å². The molecule has 1 N–H and O–H groups in total. The fourth-order valence-electron chi connectivity index (χ4n) is 1.04. The van der Waals surface area contributed by atoms with Gasteiger partial charge in [-0.3, -0.25) is 4.79 Å². The fraction of sp³-hybridized carbons (Fsp3) is 0.667. The minimum Gasteiger partial charge on any atom is -0.292 e. The smallest absolute Gasteiger partial charge is 0.190 e. The summed E-state index contributed by atoms with van der Waals surface area (Å²) in [4.78, 5) is 11.8. The van der Waals surface area contributed by atoms with E-state index in [-0.39, 0.29) is 11.2 Å². The van der Waals surface area contributed by atoms with Gasteiger partial charge in [0.2, 0.25) is 0 Å². The molecular formula is C9H15N3O. The number of hydrogen-bond donors (Lipinski definition) is 1. The van der Waals surface area contributed by atoms with Crippen LogP contribution >= 0.6 is 0 Å². The lowest BCUT2D eigenvalue weighted by atomic mass is 9.88. The molecule has 0 radical (unpaired) electrons. The summed E-state index contributed by atoms with van der Waals surface area (Å²) in [7, 11) is 0. The number of Topliss-reactive ketones (excluding diaryl/α,β-unsaturated/α-hetero) is 1. The Bertz CT molecular complexity index is 309. The molecule has 4 nitrogen and oxygen atoms in total. The van der Waals surface area contributed by atoms with Gasteiger partial charge in [-0.05, 0) is 6.42 Å². The Labute approximate surface area is 77.7 Å². The van der Waals surface area contributed by atoms with Gasteiger partial charge in [-0.2, -0.15) is 15.4 Å². The highest BCUT2D eigenvalue weighted by Crippen LogP contribution is 2.20. The van der Waals surface area contributed by atoms with Crippen molar-refractivity contribution in [1.29, 1.82) is 0 Å². The van der Waals surface area contributed by atoms with Crippen LogP contribution in [0.5, 0.6) is 0 Å². The van der Waals surface area contributed by atoms with Crippen molar-refractivity contribution >= 4 is 5.78 Å². The van der Waals surface area contributed by atoms with E-state index in [4.69, 9.17) is 0 Å². The Morgan fingerprint density at radius 2 is 2.00 bits per heavy atom. The van der Waals surface area contributed by atoms with Crippen LogP contribution in [0.4, 0.5) is 0 Å². The summed E-state index contributed by atoms with van der Waals surface area (Å²) in [5, 5.41) is 10.3. The van der Waals surface area contributed by atoms with Crippen LogP contribution in [0.25, 0.3) is 0 Å². The predicted octanol–water partition coefficient (Wildman–Crippen LogP) is 1.60. The molecule has 0 saturated carbocycles. The van der Waals surface area contributed by atoms with Crippen molar-refractivity contribution in [3.05, 3.63) is 11.4 Å². The zero-order chi connectivity index (χ0) is 10.1. The number of aryl methyl sites for hydroxylation is 1. The van der Waals surface area contributed by atoms with Crippen LogP contribution in [0.1, 0.15) is 43.9 Å². The number of hydrogen-bond acceptors (Lipinski definition) is 3. The maximum Gasteiger partial charge on any atom is 0.190 e. The second kappa shape index (κ2) is 3.28. The topological polar surface area (TPSA) is 58.6 Å². The van der Waals surface area contributed by atoms with Crippen molar-refractivity contribution in [1.82, 2.24) is 15.4 Å². The zero-order valence-electron chi connectivity index (χ0n) is 8.51. The van der Waals surface area contributed by atoms with Crippen molar-refractivity contribution < 1.29 is 4.79 Å². The Balaban J connectivity index is 3.02. The summed E-state index contributed by atoms with van der Waals surface area (Å²) < 4.78 is 0. The number of rotatable bonds is 2. The monoisotopic (exact) mass is 181 g/mol. The molecule has 0 aliphatic heterocycles. The molecule has 1 aromatic heterocycles. The molecule has 0 aromatic carbocycles. The SMILES string of the molecule is CCc1n[nH]nc1C(=O)C(C)(C)C. The number of aromatic amines is 1. The third-order valence-electron chi connectivity index (χ3n) is 1.85. The van der Waals surface area contributed by atoms with Crippen LogP contribution < -0.4 is 0 Å². The zero-order valence-corrected chi connectivity index (χ0v) is 8.51. The van der Waals surface area contributed by atoms with Crippen LogP contribution in [0, 0.1) is 5.41 Å². The molecule has 4 heteroatoms. The standard InChI is InChI=1S/C9H15N3O/c1-5-6-7(11-12-10-6)8(13)9(2,3)4/h5H2,1-4H3,(H,10,11,12). The van der Waals surface area contributed by atoms with Crippen molar-refractivity contribution in [3.8, 4) is 0 Å². The first-order valence-electron chi connectivity index (χ1n) is 4.41. The molecule has 0 amide bonds. The van der Waals surface area contributed by atoms with Gasteiger partial charge in [-0.25, -0.2) is 0 Å². The average Bonchev–Trinajstić information content (AvgIpc) is 2.48. The van der Waals surface area contributed by atoms with Gasteiger partial charge in [0.1, 0.15) is 0 Å². The van der Waals surface area contributed by atoms with Crippen LogP contribution in [-0.2, 0) is 6.42 Å². The van der Waals surface area contributed by atoms with E-state index < -0.39 is 0 Å². The van der Waals surface area contributed by atoms with Crippen LogP contribution in [0.15, 0.2) is 0 Å². The van der Waals surface area contributed by atoms with E-state index in [1.165, 1.54) is 0 Å². The molecule has 0 spiro atoms. The third kappa shape index (κ3) is 1.94. The fourth-order valence-corrected chi connectivity index (χ4v) is 1.04. The maximum atomic E-state index is 11.8. The first kappa shape index (κ1) is 9.89. The molecule has 0 unspecified atom stereocenters. The van der Waals surface area contributed by atoms with Crippen molar-refractivity contribution in [2.75, 3.05) is 0 Å². The van der Waals surface area contributed by atoms with E-state index >= 15 is 0 Å². The molecule has 0 fully saturated rings. The molecule has 0 aliphatic carbocycles. The molecule has 72 valence electrons.